The van der Waals surface area contributed by atoms with E-state index < -0.39 is 0 Å². The molecule has 2 aromatic rings. The van der Waals surface area contributed by atoms with Gasteiger partial charge in [-0.25, -0.2) is 9.97 Å². The number of nitrogens with one attached hydrogen (secondary N) is 1. The van der Waals surface area contributed by atoms with Crippen LogP contribution in [0.5, 0.6) is 0 Å². The first kappa shape index (κ1) is 19.3. The molecule has 144 valence electrons. The zero-order valence-corrected chi connectivity index (χ0v) is 16.5. The largest absolute Gasteiger partial charge is 0.380 e. The summed E-state index contributed by atoms with van der Waals surface area (Å²) in [6.45, 7) is 7.45. The predicted molar refractivity (Wildman–Crippen MR) is 106 cm³/mol. The van der Waals surface area contributed by atoms with Gasteiger partial charge in [-0.3, -0.25) is 4.79 Å². The first-order valence-corrected chi connectivity index (χ1v) is 9.37. The maximum Gasteiger partial charge on any atom is 0.224 e. The minimum atomic E-state index is 0.0398. The zero-order valence-electron chi connectivity index (χ0n) is 16.5. The third-order valence-electron chi connectivity index (χ3n) is 5.26. The molecule has 0 saturated carbocycles. The van der Waals surface area contributed by atoms with Gasteiger partial charge in [-0.05, 0) is 43.9 Å². The summed E-state index contributed by atoms with van der Waals surface area (Å²) in [5, 5.41) is 3.09. The summed E-state index contributed by atoms with van der Waals surface area (Å²) < 4.78 is 5.55. The molecule has 0 bridgehead atoms. The molecule has 1 aliphatic heterocycles. The summed E-state index contributed by atoms with van der Waals surface area (Å²) in [5.41, 5.74) is 4.43. The van der Waals surface area contributed by atoms with Crippen molar-refractivity contribution in [3.63, 3.8) is 0 Å². The molecule has 2 heterocycles. The number of carbonyl (C=O) groups excluding carboxylic acids is 1. The number of ether oxygens (including phenoxy) is 1. The van der Waals surface area contributed by atoms with E-state index in [1.165, 1.54) is 11.1 Å². The van der Waals surface area contributed by atoms with Crippen molar-refractivity contribution in [3.05, 3.63) is 53.0 Å². The lowest BCUT2D eigenvalue weighted by atomic mass is 10.0. The van der Waals surface area contributed by atoms with Crippen LogP contribution < -0.4 is 10.2 Å². The second kappa shape index (κ2) is 8.48. The molecule has 1 fully saturated rings. The molecule has 3 rings (SSSR count). The van der Waals surface area contributed by atoms with E-state index in [1.54, 1.807) is 13.4 Å². The lowest BCUT2D eigenvalue weighted by molar-refractivity contribution is -0.120. The number of aromatic nitrogens is 2. The lowest BCUT2D eigenvalue weighted by Gasteiger charge is -2.25. The minimum Gasteiger partial charge on any atom is -0.380 e. The van der Waals surface area contributed by atoms with Crippen LogP contribution in [0.4, 0.5) is 5.82 Å². The van der Waals surface area contributed by atoms with Crippen LogP contribution in [0.25, 0.3) is 0 Å². The average Bonchev–Trinajstić information content (AvgIpc) is 3.06. The summed E-state index contributed by atoms with van der Waals surface area (Å²) in [6, 6.07) is 8.31. The first-order valence-electron chi connectivity index (χ1n) is 9.37. The Morgan fingerprint density at radius 1 is 1.22 bits per heavy atom. The van der Waals surface area contributed by atoms with E-state index in [0.717, 1.165) is 30.0 Å². The molecule has 1 amide bonds. The van der Waals surface area contributed by atoms with Crippen molar-refractivity contribution in [2.45, 2.75) is 45.8 Å². The number of carbonyl (C=O) groups is 1. The average molecular weight is 368 g/mol. The van der Waals surface area contributed by atoms with Crippen LogP contribution in [-0.2, 0) is 16.0 Å². The Morgan fingerprint density at radius 3 is 2.74 bits per heavy atom. The third kappa shape index (κ3) is 4.83. The smallest absolute Gasteiger partial charge is 0.224 e. The lowest BCUT2D eigenvalue weighted by Crippen LogP contribution is -2.41. The quantitative estimate of drug-likeness (QED) is 0.848. The van der Waals surface area contributed by atoms with Crippen molar-refractivity contribution in [1.82, 2.24) is 15.3 Å². The molecule has 1 aromatic carbocycles. The highest BCUT2D eigenvalue weighted by Gasteiger charge is 2.33. The molecule has 1 aromatic heterocycles. The molecule has 6 nitrogen and oxygen atoms in total. The molecule has 2 atom stereocenters. The Balaban J connectivity index is 1.62. The number of benzene rings is 1. The van der Waals surface area contributed by atoms with E-state index in [4.69, 9.17) is 4.74 Å². The third-order valence-corrected chi connectivity index (χ3v) is 5.26. The van der Waals surface area contributed by atoms with Gasteiger partial charge in [-0.1, -0.05) is 18.2 Å². The molecule has 6 heteroatoms. The molecule has 0 aliphatic carbocycles. The molecule has 1 saturated heterocycles. The van der Waals surface area contributed by atoms with Crippen LogP contribution in [-0.4, -0.2) is 48.2 Å². The number of anilines is 1. The van der Waals surface area contributed by atoms with Gasteiger partial charge < -0.3 is 15.0 Å². The summed E-state index contributed by atoms with van der Waals surface area (Å²) in [4.78, 5) is 23.2. The normalized spacial score (nSPS) is 19.3. The molecular weight excluding hydrogens is 340 g/mol. The van der Waals surface area contributed by atoms with Crippen molar-refractivity contribution in [3.8, 4) is 0 Å². The number of rotatable bonds is 6. The van der Waals surface area contributed by atoms with Crippen molar-refractivity contribution in [2.24, 2.45) is 0 Å². The van der Waals surface area contributed by atoms with Crippen LogP contribution in [0.2, 0.25) is 0 Å². The second-order valence-corrected chi connectivity index (χ2v) is 7.32. The highest BCUT2D eigenvalue weighted by Crippen LogP contribution is 2.25. The molecule has 1 aliphatic rings. The maximum atomic E-state index is 12.4. The Hall–Kier alpha value is -2.47. The van der Waals surface area contributed by atoms with E-state index in [9.17, 15) is 4.79 Å². The van der Waals surface area contributed by atoms with Gasteiger partial charge in [0, 0.05) is 32.0 Å². The number of hydrogen-bond donors (Lipinski definition) is 1. The van der Waals surface area contributed by atoms with Crippen molar-refractivity contribution in [1.29, 1.82) is 0 Å². The SMILES string of the molecule is CO[C@H]1C[C@@H](CNC(=O)Cc2ccc(C)c(C)c2)N(c2cc(C)ncn2)C1. The fraction of sp³-hybridized carbons (Fsp3) is 0.476. The highest BCUT2D eigenvalue weighted by atomic mass is 16.5. The number of amides is 1. The van der Waals surface area contributed by atoms with Gasteiger partial charge in [0.05, 0.1) is 18.6 Å². The Bertz CT molecular complexity index is 809. The summed E-state index contributed by atoms with van der Waals surface area (Å²) in [5.74, 6) is 0.924. The summed E-state index contributed by atoms with van der Waals surface area (Å²) in [6.07, 6.45) is 2.99. The summed E-state index contributed by atoms with van der Waals surface area (Å²) >= 11 is 0. The van der Waals surface area contributed by atoms with Gasteiger partial charge in [-0.2, -0.15) is 0 Å². The van der Waals surface area contributed by atoms with Crippen molar-refractivity contribution in [2.75, 3.05) is 25.1 Å². The number of aryl methyl sites for hydroxylation is 3. The fourth-order valence-corrected chi connectivity index (χ4v) is 3.51. The number of methoxy groups -OCH3 is 1. The zero-order chi connectivity index (χ0) is 19.4. The molecule has 0 spiro atoms. The van der Waals surface area contributed by atoms with Gasteiger partial charge in [0.1, 0.15) is 12.1 Å². The summed E-state index contributed by atoms with van der Waals surface area (Å²) in [7, 11) is 1.73. The van der Waals surface area contributed by atoms with Gasteiger partial charge >= 0.3 is 0 Å². The van der Waals surface area contributed by atoms with Gasteiger partial charge in [0.25, 0.3) is 0 Å². The van der Waals surface area contributed by atoms with E-state index >= 15 is 0 Å². The molecule has 27 heavy (non-hydrogen) atoms. The van der Waals surface area contributed by atoms with E-state index in [2.05, 4.69) is 46.2 Å². The maximum absolute atomic E-state index is 12.4. The van der Waals surface area contributed by atoms with Crippen LogP contribution in [0.3, 0.4) is 0 Å². The Morgan fingerprint density at radius 2 is 2.04 bits per heavy atom. The standard InChI is InChI=1S/C21H28N4O2/c1-14-5-6-17(7-15(14)2)9-21(26)22-11-18-10-19(27-4)12-25(18)20-8-16(3)23-13-24-20/h5-8,13,18-19H,9-12H2,1-4H3,(H,22,26)/t18-,19-/m0/s1. The fourth-order valence-electron chi connectivity index (χ4n) is 3.51. The van der Waals surface area contributed by atoms with Gasteiger partial charge in [0.2, 0.25) is 5.91 Å². The highest BCUT2D eigenvalue weighted by molar-refractivity contribution is 5.78. The molecule has 1 N–H and O–H groups in total. The van der Waals surface area contributed by atoms with E-state index in [1.807, 2.05) is 19.1 Å². The topological polar surface area (TPSA) is 67.3 Å². The van der Waals surface area contributed by atoms with Gasteiger partial charge in [-0.15, -0.1) is 0 Å². The molecule has 0 radical (unpaired) electrons. The van der Waals surface area contributed by atoms with Gasteiger partial charge in [0.15, 0.2) is 0 Å². The van der Waals surface area contributed by atoms with Crippen LogP contribution in [0.1, 0.15) is 28.8 Å². The molecule has 0 unspecified atom stereocenters. The minimum absolute atomic E-state index is 0.0398. The van der Waals surface area contributed by atoms with Crippen LogP contribution in [0.15, 0.2) is 30.6 Å². The van der Waals surface area contributed by atoms with Crippen molar-refractivity contribution < 1.29 is 9.53 Å². The van der Waals surface area contributed by atoms with E-state index in [-0.39, 0.29) is 18.1 Å². The van der Waals surface area contributed by atoms with Crippen LogP contribution >= 0.6 is 0 Å². The Labute approximate surface area is 161 Å². The van der Waals surface area contributed by atoms with Crippen LogP contribution in [0, 0.1) is 20.8 Å². The number of nitrogens with zero attached hydrogens (tertiary/aromatic N) is 3. The van der Waals surface area contributed by atoms with E-state index in [0.29, 0.717) is 13.0 Å². The first-order chi connectivity index (χ1) is 13.0. The monoisotopic (exact) mass is 368 g/mol. The molecular formula is C21H28N4O2. The van der Waals surface area contributed by atoms with Crippen molar-refractivity contribution >= 4 is 11.7 Å². The number of hydrogen-bond acceptors (Lipinski definition) is 5. The Kier molecular flexibility index (Phi) is 6.06. The predicted octanol–water partition coefficient (Wildman–Crippen LogP) is 2.35. The second-order valence-electron chi connectivity index (χ2n) is 7.32.